The average molecular weight is 305 g/mol. The summed E-state index contributed by atoms with van der Waals surface area (Å²) >= 11 is 1.55. The van der Waals surface area contributed by atoms with Crippen molar-refractivity contribution in [1.29, 1.82) is 0 Å². The molecule has 1 saturated carbocycles. The molecule has 7 heteroatoms. The molecule has 0 saturated heterocycles. The number of tetrazole rings is 1. The summed E-state index contributed by atoms with van der Waals surface area (Å²) in [6.45, 7) is 4.00. The van der Waals surface area contributed by atoms with Crippen LogP contribution in [0, 0.1) is 13.8 Å². The standard InChI is InChI=1S/C14H19N5OS/c1-9-10(2)21-14(19-8-15-17-18-19)12(9)13(20)16-11-6-4-3-5-7-11/h8,11H,3-7H2,1-2H3,(H,16,20). The molecule has 1 fully saturated rings. The summed E-state index contributed by atoms with van der Waals surface area (Å²) in [4.78, 5) is 13.8. The molecule has 2 aromatic heterocycles. The molecule has 2 aromatic rings. The fourth-order valence-corrected chi connectivity index (χ4v) is 3.87. The van der Waals surface area contributed by atoms with Crippen LogP contribution in [0.15, 0.2) is 6.33 Å². The minimum absolute atomic E-state index is 0.00532. The van der Waals surface area contributed by atoms with Crippen molar-refractivity contribution in [3.63, 3.8) is 0 Å². The predicted octanol–water partition coefficient (Wildman–Crippen LogP) is 2.40. The maximum absolute atomic E-state index is 12.7. The van der Waals surface area contributed by atoms with E-state index < -0.39 is 0 Å². The molecule has 112 valence electrons. The van der Waals surface area contributed by atoms with Gasteiger partial charge in [0.1, 0.15) is 11.3 Å². The predicted molar refractivity (Wildman–Crippen MR) is 80.8 cm³/mol. The Bertz CT molecular complexity index is 628. The smallest absolute Gasteiger partial charge is 0.254 e. The fraction of sp³-hybridized carbons (Fsp3) is 0.571. The quantitative estimate of drug-likeness (QED) is 0.945. The van der Waals surface area contributed by atoms with E-state index in [4.69, 9.17) is 0 Å². The van der Waals surface area contributed by atoms with E-state index in [1.807, 2.05) is 13.8 Å². The van der Waals surface area contributed by atoms with Crippen LogP contribution in [0.5, 0.6) is 0 Å². The lowest BCUT2D eigenvalue weighted by atomic mass is 9.95. The van der Waals surface area contributed by atoms with Gasteiger partial charge >= 0.3 is 0 Å². The van der Waals surface area contributed by atoms with Gasteiger partial charge in [0.25, 0.3) is 5.91 Å². The minimum atomic E-state index is -0.00532. The van der Waals surface area contributed by atoms with E-state index >= 15 is 0 Å². The lowest BCUT2D eigenvalue weighted by Crippen LogP contribution is -2.36. The van der Waals surface area contributed by atoms with Crippen LogP contribution in [0.25, 0.3) is 5.00 Å². The van der Waals surface area contributed by atoms with Crippen molar-refractivity contribution >= 4 is 17.2 Å². The molecule has 3 rings (SSSR count). The molecule has 6 nitrogen and oxygen atoms in total. The summed E-state index contributed by atoms with van der Waals surface area (Å²) in [5, 5.41) is 15.2. The monoisotopic (exact) mass is 305 g/mol. The Kier molecular flexibility index (Phi) is 4.01. The topological polar surface area (TPSA) is 72.7 Å². The van der Waals surface area contributed by atoms with Crippen molar-refractivity contribution in [2.75, 3.05) is 0 Å². The molecule has 1 N–H and O–H groups in total. The summed E-state index contributed by atoms with van der Waals surface area (Å²) in [7, 11) is 0. The van der Waals surface area contributed by atoms with Gasteiger partial charge in [0.15, 0.2) is 0 Å². The second-order valence-electron chi connectivity index (χ2n) is 5.53. The molecule has 1 aliphatic carbocycles. The van der Waals surface area contributed by atoms with E-state index in [-0.39, 0.29) is 5.91 Å². The molecule has 0 aliphatic heterocycles. The zero-order chi connectivity index (χ0) is 14.8. The highest BCUT2D eigenvalue weighted by molar-refractivity contribution is 7.15. The number of rotatable bonds is 3. The third-order valence-corrected chi connectivity index (χ3v) is 5.29. The second kappa shape index (κ2) is 5.93. The highest BCUT2D eigenvalue weighted by Gasteiger charge is 2.24. The van der Waals surface area contributed by atoms with Crippen LogP contribution >= 0.6 is 11.3 Å². The van der Waals surface area contributed by atoms with Crippen LogP contribution in [0.3, 0.4) is 0 Å². The van der Waals surface area contributed by atoms with Crippen LogP contribution in [-0.2, 0) is 0 Å². The fourth-order valence-electron chi connectivity index (χ4n) is 2.80. The number of carbonyl (C=O) groups excluding carboxylic acids is 1. The number of aryl methyl sites for hydroxylation is 1. The maximum atomic E-state index is 12.7. The number of hydrogen-bond acceptors (Lipinski definition) is 5. The first-order valence-electron chi connectivity index (χ1n) is 7.31. The molecule has 0 atom stereocenters. The zero-order valence-corrected chi connectivity index (χ0v) is 13.1. The van der Waals surface area contributed by atoms with Gasteiger partial charge in [0, 0.05) is 10.9 Å². The molecule has 1 amide bonds. The number of carbonyl (C=O) groups is 1. The highest BCUT2D eigenvalue weighted by Crippen LogP contribution is 2.30. The van der Waals surface area contributed by atoms with Gasteiger partial charge in [0.05, 0.1) is 5.56 Å². The van der Waals surface area contributed by atoms with Crippen LogP contribution in [0.1, 0.15) is 52.9 Å². The summed E-state index contributed by atoms with van der Waals surface area (Å²) in [5.74, 6) is -0.00532. The molecule has 0 radical (unpaired) electrons. The third kappa shape index (κ3) is 2.83. The second-order valence-corrected chi connectivity index (χ2v) is 6.73. The summed E-state index contributed by atoms with van der Waals surface area (Å²) in [6, 6.07) is 0.299. The van der Waals surface area contributed by atoms with Crippen molar-refractivity contribution in [1.82, 2.24) is 25.5 Å². The van der Waals surface area contributed by atoms with Crippen molar-refractivity contribution in [3.05, 3.63) is 22.3 Å². The average Bonchev–Trinajstić information content (AvgIpc) is 3.09. The van der Waals surface area contributed by atoms with Gasteiger partial charge in [-0.05, 0) is 42.7 Å². The van der Waals surface area contributed by atoms with Crippen molar-refractivity contribution in [2.24, 2.45) is 0 Å². The number of hydrogen-bond donors (Lipinski definition) is 1. The first-order chi connectivity index (χ1) is 10.2. The van der Waals surface area contributed by atoms with Crippen LogP contribution in [-0.4, -0.2) is 32.2 Å². The largest absolute Gasteiger partial charge is 0.349 e. The molecule has 0 aromatic carbocycles. The Morgan fingerprint density at radius 3 is 2.76 bits per heavy atom. The van der Waals surface area contributed by atoms with Gasteiger partial charge in [-0.25, -0.2) is 0 Å². The summed E-state index contributed by atoms with van der Waals surface area (Å²) in [6.07, 6.45) is 7.36. The van der Waals surface area contributed by atoms with E-state index in [0.717, 1.165) is 28.3 Å². The normalized spacial score (nSPS) is 16.1. The van der Waals surface area contributed by atoms with Gasteiger partial charge in [-0.2, -0.15) is 4.68 Å². The van der Waals surface area contributed by atoms with Gasteiger partial charge in [-0.1, -0.05) is 19.3 Å². The van der Waals surface area contributed by atoms with Crippen LogP contribution in [0.2, 0.25) is 0 Å². The SMILES string of the molecule is Cc1sc(-n2cnnn2)c(C(=O)NC2CCCCC2)c1C. The first-order valence-corrected chi connectivity index (χ1v) is 8.12. The molecular weight excluding hydrogens is 286 g/mol. The minimum Gasteiger partial charge on any atom is -0.349 e. The molecule has 21 heavy (non-hydrogen) atoms. The number of thiophene rings is 1. The Morgan fingerprint density at radius 1 is 1.33 bits per heavy atom. The Labute approximate surface area is 127 Å². The van der Waals surface area contributed by atoms with Crippen LogP contribution < -0.4 is 5.32 Å². The van der Waals surface area contributed by atoms with Gasteiger partial charge < -0.3 is 5.32 Å². The molecule has 1 aliphatic rings. The molecule has 0 unspecified atom stereocenters. The van der Waals surface area contributed by atoms with Crippen LogP contribution in [0.4, 0.5) is 0 Å². The van der Waals surface area contributed by atoms with E-state index in [0.29, 0.717) is 11.6 Å². The number of nitrogens with zero attached hydrogens (tertiary/aromatic N) is 4. The van der Waals surface area contributed by atoms with E-state index in [1.165, 1.54) is 25.6 Å². The lowest BCUT2D eigenvalue weighted by Gasteiger charge is -2.23. The van der Waals surface area contributed by atoms with Gasteiger partial charge in [-0.15, -0.1) is 16.4 Å². The van der Waals surface area contributed by atoms with Crippen molar-refractivity contribution < 1.29 is 4.79 Å². The van der Waals surface area contributed by atoms with Crippen molar-refractivity contribution in [3.8, 4) is 5.00 Å². The van der Waals surface area contributed by atoms with Crippen molar-refractivity contribution in [2.45, 2.75) is 52.0 Å². The number of amides is 1. The Morgan fingerprint density at radius 2 is 2.10 bits per heavy atom. The van der Waals surface area contributed by atoms with E-state index in [1.54, 1.807) is 16.0 Å². The Balaban J connectivity index is 1.88. The van der Waals surface area contributed by atoms with Gasteiger partial charge in [-0.3, -0.25) is 4.79 Å². The first kappa shape index (κ1) is 14.2. The number of aromatic nitrogens is 4. The maximum Gasteiger partial charge on any atom is 0.254 e. The summed E-state index contributed by atoms with van der Waals surface area (Å²) < 4.78 is 1.57. The molecule has 0 bridgehead atoms. The van der Waals surface area contributed by atoms with E-state index in [9.17, 15) is 4.79 Å². The lowest BCUT2D eigenvalue weighted by molar-refractivity contribution is 0.0927. The van der Waals surface area contributed by atoms with Gasteiger partial charge in [0.2, 0.25) is 0 Å². The molecule has 0 spiro atoms. The molecular formula is C14H19N5OS. The summed E-state index contributed by atoms with van der Waals surface area (Å²) in [5.41, 5.74) is 1.72. The van der Waals surface area contributed by atoms with E-state index in [2.05, 4.69) is 20.8 Å². The Hall–Kier alpha value is -1.76. The zero-order valence-electron chi connectivity index (χ0n) is 12.3. The number of nitrogens with one attached hydrogen (secondary N) is 1. The third-order valence-electron chi connectivity index (χ3n) is 4.09. The highest BCUT2D eigenvalue weighted by atomic mass is 32.1. The molecule has 2 heterocycles.